The Morgan fingerprint density at radius 1 is 1.45 bits per heavy atom. The Kier molecular flexibility index (Phi) is 2.17. The van der Waals surface area contributed by atoms with Crippen molar-refractivity contribution in [2.24, 2.45) is 0 Å². The summed E-state index contributed by atoms with van der Waals surface area (Å²) < 4.78 is 0. The zero-order valence-corrected chi connectivity index (χ0v) is 7.96. The first-order valence-corrected chi connectivity index (χ1v) is 4.12. The van der Waals surface area contributed by atoms with Crippen molar-refractivity contribution in [3.8, 4) is 0 Å². The van der Waals surface area contributed by atoms with Crippen molar-refractivity contribution in [2.75, 3.05) is 20.6 Å². The van der Waals surface area contributed by atoms with Crippen LogP contribution in [0.25, 0.3) is 0 Å². The zero-order valence-electron chi connectivity index (χ0n) is 6.37. The summed E-state index contributed by atoms with van der Waals surface area (Å²) in [6, 6.07) is -0.245. The van der Waals surface area contributed by atoms with E-state index in [2.05, 4.69) is 15.9 Å². The van der Waals surface area contributed by atoms with Gasteiger partial charge in [-0.05, 0) is 0 Å². The lowest BCUT2D eigenvalue weighted by atomic mass is 10.3. The van der Waals surface area contributed by atoms with Crippen LogP contribution in [0.5, 0.6) is 0 Å². The van der Waals surface area contributed by atoms with Gasteiger partial charge in [-0.3, -0.25) is 9.69 Å². The molecule has 3 amide bonds. The second-order valence-electron chi connectivity index (χ2n) is 2.53. The van der Waals surface area contributed by atoms with Crippen LogP contribution < -0.4 is 0 Å². The minimum atomic E-state index is -0.254. The van der Waals surface area contributed by atoms with E-state index < -0.39 is 0 Å². The molecule has 1 unspecified atom stereocenters. The summed E-state index contributed by atoms with van der Waals surface area (Å²) in [6.07, 6.45) is 0. The first-order valence-electron chi connectivity index (χ1n) is 3.20. The van der Waals surface area contributed by atoms with Crippen LogP contribution in [0.3, 0.4) is 0 Å². The normalized spacial score (nSPS) is 26.3. The Labute approximate surface area is 73.3 Å². The van der Waals surface area contributed by atoms with Gasteiger partial charge in [0, 0.05) is 20.6 Å². The number of amides is 3. The minimum Gasteiger partial charge on any atom is -0.326 e. The van der Waals surface area contributed by atoms with Crippen LogP contribution in [-0.2, 0) is 4.79 Å². The Bertz CT molecular complexity index is 187. The lowest BCUT2D eigenvalue weighted by Crippen LogP contribution is -2.54. The van der Waals surface area contributed by atoms with Crippen molar-refractivity contribution >= 4 is 27.9 Å². The first-order chi connectivity index (χ1) is 5.04. The molecular weight excluding hydrogens is 212 g/mol. The number of carbonyl (C=O) groups is 2. The molecule has 1 aliphatic heterocycles. The van der Waals surface area contributed by atoms with E-state index in [1.54, 1.807) is 7.05 Å². The zero-order chi connectivity index (χ0) is 8.59. The molecule has 0 aromatic heterocycles. The molecular formula is C6H9BrN2O2. The fourth-order valence-electron chi connectivity index (χ4n) is 0.957. The number of urea groups is 1. The lowest BCUT2D eigenvalue weighted by molar-refractivity contribution is -0.128. The van der Waals surface area contributed by atoms with Gasteiger partial charge in [0.1, 0.15) is 4.83 Å². The maximum Gasteiger partial charge on any atom is 0.326 e. The van der Waals surface area contributed by atoms with E-state index in [9.17, 15) is 9.59 Å². The standard InChI is InChI=1S/C6H9BrN2O2/c1-8-3-4(7)5(10)9(2)6(8)11/h4H,3H2,1-2H3. The van der Waals surface area contributed by atoms with Crippen molar-refractivity contribution in [3.05, 3.63) is 0 Å². The Morgan fingerprint density at radius 3 is 2.55 bits per heavy atom. The molecule has 1 fully saturated rings. The van der Waals surface area contributed by atoms with Gasteiger partial charge < -0.3 is 4.90 Å². The highest BCUT2D eigenvalue weighted by molar-refractivity contribution is 9.10. The van der Waals surface area contributed by atoms with Gasteiger partial charge in [-0.25, -0.2) is 4.79 Å². The van der Waals surface area contributed by atoms with Crippen molar-refractivity contribution in [1.29, 1.82) is 0 Å². The van der Waals surface area contributed by atoms with Crippen molar-refractivity contribution in [3.63, 3.8) is 0 Å². The highest BCUT2D eigenvalue weighted by Crippen LogP contribution is 2.13. The quantitative estimate of drug-likeness (QED) is 0.551. The van der Waals surface area contributed by atoms with E-state index in [4.69, 9.17) is 0 Å². The van der Waals surface area contributed by atoms with Crippen LogP contribution in [0.1, 0.15) is 0 Å². The number of nitrogens with zero attached hydrogens (tertiary/aromatic N) is 2. The van der Waals surface area contributed by atoms with Gasteiger partial charge in [0.25, 0.3) is 0 Å². The lowest BCUT2D eigenvalue weighted by Gasteiger charge is -2.31. The fraction of sp³-hybridized carbons (Fsp3) is 0.667. The number of hydrogen-bond acceptors (Lipinski definition) is 2. The third kappa shape index (κ3) is 1.38. The van der Waals surface area contributed by atoms with Crippen LogP contribution in [0.2, 0.25) is 0 Å². The number of alkyl halides is 1. The van der Waals surface area contributed by atoms with Crippen LogP contribution in [0, 0.1) is 0 Å². The van der Waals surface area contributed by atoms with Gasteiger partial charge in [0.15, 0.2) is 0 Å². The maximum atomic E-state index is 11.1. The molecule has 0 radical (unpaired) electrons. The summed E-state index contributed by atoms with van der Waals surface area (Å²) in [5.41, 5.74) is 0. The summed E-state index contributed by atoms with van der Waals surface area (Å²) in [5.74, 6) is -0.173. The SMILES string of the molecule is CN1CC(Br)C(=O)N(C)C1=O. The molecule has 0 aliphatic carbocycles. The number of imide groups is 1. The average Bonchev–Trinajstić information content (AvgIpc) is 1.97. The summed E-state index contributed by atoms with van der Waals surface area (Å²) >= 11 is 3.18. The molecule has 0 aromatic carbocycles. The topological polar surface area (TPSA) is 40.6 Å². The van der Waals surface area contributed by atoms with E-state index >= 15 is 0 Å². The largest absolute Gasteiger partial charge is 0.326 e. The number of carbonyl (C=O) groups excluding carboxylic acids is 2. The molecule has 11 heavy (non-hydrogen) atoms. The molecule has 1 aliphatic rings. The highest BCUT2D eigenvalue weighted by Gasteiger charge is 2.33. The van der Waals surface area contributed by atoms with E-state index in [-0.39, 0.29) is 16.8 Å². The third-order valence-corrected chi connectivity index (χ3v) is 2.33. The predicted molar refractivity (Wildman–Crippen MR) is 43.5 cm³/mol. The predicted octanol–water partition coefficient (Wildman–Crippen LogP) is 0.274. The molecule has 4 nitrogen and oxygen atoms in total. The Morgan fingerprint density at radius 2 is 2.00 bits per heavy atom. The molecule has 0 spiro atoms. The molecule has 5 heteroatoms. The highest BCUT2D eigenvalue weighted by atomic mass is 79.9. The monoisotopic (exact) mass is 220 g/mol. The molecule has 62 valence electrons. The van der Waals surface area contributed by atoms with Crippen molar-refractivity contribution in [1.82, 2.24) is 9.80 Å². The van der Waals surface area contributed by atoms with Gasteiger partial charge in [-0.15, -0.1) is 0 Å². The molecule has 1 saturated heterocycles. The van der Waals surface area contributed by atoms with Crippen molar-refractivity contribution in [2.45, 2.75) is 4.83 Å². The van der Waals surface area contributed by atoms with Crippen LogP contribution in [-0.4, -0.2) is 47.2 Å². The summed E-state index contributed by atoms with van der Waals surface area (Å²) in [7, 11) is 3.15. The van der Waals surface area contributed by atoms with Gasteiger partial charge in [-0.2, -0.15) is 0 Å². The molecule has 0 bridgehead atoms. The Hall–Kier alpha value is -0.580. The third-order valence-electron chi connectivity index (χ3n) is 1.65. The molecule has 0 saturated carbocycles. The second-order valence-corrected chi connectivity index (χ2v) is 3.63. The molecule has 1 heterocycles. The van der Waals surface area contributed by atoms with E-state index in [0.717, 1.165) is 4.90 Å². The van der Waals surface area contributed by atoms with Crippen molar-refractivity contribution < 1.29 is 9.59 Å². The summed E-state index contributed by atoms with van der Waals surface area (Å²) in [4.78, 5) is 24.6. The average molecular weight is 221 g/mol. The van der Waals surface area contributed by atoms with Gasteiger partial charge in [-0.1, -0.05) is 15.9 Å². The van der Waals surface area contributed by atoms with Gasteiger partial charge >= 0.3 is 6.03 Å². The van der Waals surface area contributed by atoms with Crippen LogP contribution in [0.4, 0.5) is 4.79 Å². The number of hydrogen-bond donors (Lipinski definition) is 0. The van der Waals surface area contributed by atoms with Gasteiger partial charge in [0.2, 0.25) is 5.91 Å². The minimum absolute atomic E-state index is 0.173. The van der Waals surface area contributed by atoms with Crippen LogP contribution in [0.15, 0.2) is 0 Å². The number of halogens is 1. The first kappa shape index (κ1) is 8.52. The summed E-state index contributed by atoms with van der Waals surface area (Å²) in [5, 5.41) is 0. The fourth-order valence-corrected chi connectivity index (χ4v) is 1.70. The van der Waals surface area contributed by atoms with E-state index in [0.29, 0.717) is 6.54 Å². The second kappa shape index (κ2) is 2.81. The Balaban J connectivity index is 2.79. The number of rotatable bonds is 0. The van der Waals surface area contributed by atoms with Crippen LogP contribution >= 0.6 is 15.9 Å². The molecule has 1 rings (SSSR count). The molecule has 0 N–H and O–H groups in total. The summed E-state index contributed by atoms with van der Waals surface area (Å²) in [6.45, 7) is 0.446. The maximum absolute atomic E-state index is 11.1. The van der Waals surface area contributed by atoms with E-state index in [1.807, 2.05) is 0 Å². The smallest absolute Gasteiger partial charge is 0.326 e. The van der Waals surface area contributed by atoms with E-state index in [1.165, 1.54) is 11.9 Å². The molecule has 1 atom stereocenters. The molecule has 0 aromatic rings. The van der Waals surface area contributed by atoms with Gasteiger partial charge in [0.05, 0.1) is 0 Å².